The number of carbonyl (C=O) groups is 2. The quantitative estimate of drug-likeness (QED) is 0.288. The lowest BCUT2D eigenvalue weighted by Gasteiger charge is -2.11. The standard InChI is InChI=1S/C22H14ClNO6/c23-18-7-2-1-6-16(18)22(26)29-15-8-9-17-19(12-15)30-20(21(17)25)11-13-4-3-5-14(10-13)24(27)28/h1-12,24,27H. The van der Waals surface area contributed by atoms with E-state index in [-0.39, 0.29) is 39.3 Å². The largest absolute Gasteiger partial charge is 0.595 e. The third kappa shape index (κ3) is 3.96. The van der Waals surface area contributed by atoms with Crippen molar-refractivity contribution in [3.05, 3.63) is 99.4 Å². The number of ether oxygens (including phenoxy) is 2. The van der Waals surface area contributed by atoms with Gasteiger partial charge in [-0.2, -0.15) is 5.23 Å². The fourth-order valence-corrected chi connectivity index (χ4v) is 3.15. The van der Waals surface area contributed by atoms with Crippen LogP contribution in [0.3, 0.4) is 0 Å². The van der Waals surface area contributed by atoms with E-state index < -0.39 is 11.2 Å². The number of benzene rings is 3. The third-order valence-electron chi connectivity index (χ3n) is 4.38. The molecule has 30 heavy (non-hydrogen) atoms. The van der Waals surface area contributed by atoms with Crippen molar-refractivity contribution in [2.24, 2.45) is 0 Å². The number of esters is 1. The Balaban J connectivity index is 1.56. The number of carbonyl (C=O) groups excluding carboxylic acids is 2. The second kappa shape index (κ2) is 8.10. The molecule has 1 unspecified atom stereocenters. The van der Waals surface area contributed by atoms with Crippen molar-refractivity contribution in [3.8, 4) is 11.5 Å². The lowest BCUT2D eigenvalue weighted by atomic mass is 10.1. The Bertz CT molecular complexity index is 1190. The second-order valence-corrected chi connectivity index (χ2v) is 6.80. The van der Waals surface area contributed by atoms with Gasteiger partial charge < -0.3 is 14.7 Å². The molecule has 2 N–H and O–H groups in total. The van der Waals surface area contributed by atoms with Crippen LogP contribution in [0, 0.1) is 5.21 Å². The molecule has 3 aromatic rings. The van der Waals surface area contributed by atoms with Crippen molar-refractivity contribution < 1.29 is 29.5 Å². The SMILES string of the molecule is O=C(Oc1ccc2c(c1)OC(=Cc1cccc([NH+]([O-])O)c1)C2=O)c1ccccc1Cl. The molecule has 3 aromatic carbocycles. The first-order chi connectivity index (χ1) is 14.4. The van der Waals surface area contributed by atoms with Gasteiger partial charge in [-0.15, -0.1) is 0 Å². The Morgan fingerprint density at radius 1 is 1.10 bits per heavy atom. The molecule has 0 amide bonds. The van der Waals surface area contributed by atoms with Gasteiger partial charge in [-0.3, -0.25) is 4.79 Å². The molecule has 0 aromatic heterocycles. The average molecular weight is 424 g/mol. The summed E-state index contributed by atoms with van der Waals surface area (Å²) in [6.07, 6.45) is 1.46. The smallest absolute Gasteiger partial charge is 0.345 e. The van der Waals surface area contributed by atoms with Gasteiger partial charge in [-0.25, -0.2) is 10.0 Å². The molecule has 0 aliphatic carbocycles. The van der Waals surface area contributed by atoms with Crippen LogP contribution < -0.4 is 14.7 Å². The first-order valence-corrected chi connectivity index (χ1v) is 9.18. The van der Waals surface area contributed by atoms with Gasteiger partial charge in [0.05, 0.1) is 16.1 Å². The number of fused-ring (bicyclic) bond motifs is 1. The highest BCUT2D eigenvalue weighted by Crippen LogP contribution is 2.35. The number of allylic oxidation sites excluding steroid dienone is 1. The molecular weight excluding hydrogens is 410 g/mol. The van der Waals surface area contributed by atoms with E-state index in [4.69, 9.17) is 26.3 Å². The fourth-order valence-electron chi connectivity index (χ4n) is 2.93. The average Bonchev–Trinajstić information content (AvgIpc) is 3.03. The highest BCUT2D eigenvalue weighted by atomic mass is 35.5. The van der Waals surface area contributed by atoms with Crippen molar-refractivity contribution in [3.63, 3.8) is 0 Å². The molecule has 4 rings (SSSR count). The van der Waals surface area contributed by atoms with Crippen LogP contribution in [0.2, 0.25) is 5.02 Å². The van der Waals surface area contributed by atoms with E-state index in [9.17, 15) is 14.8 Å². The van der Waals surface area contributed by atoms with Gasteiger partial charge in [0.1, 0.15) is 11.5 Å². The summed E-state index contributed by atoms with van der Waals surface area (Å²) in [6, 6.07) is 17.1. The van der Waals surface area contributed by atoms with E-state index in [1.54, 1.807) is 36.4 Å². The van der Waals surface area contributed by atoms with E-state index >= 15 is 0 Å². The van der Waals surface area contributed by atoms with E-state index in [1.807, 2.05) is 0 Å². The molecule has 150 valence electrons. The number of halogens is 1. The van der Waals surface area contributed by atoms with Gasteiger partial charge in [0, 0.05) is 18.2 Å². The summed E-state index contributed by atoms with van der Waals surface area (Å²) >= 11 is 6.01. The summed E-state index contributed by atoms with van der Waals surface area (Å²) in [6.45, 7) is 0. The first kappa shape index (κ1) is 19.8. The Morgan fingerprint density at radius 2 is 1.90 bits per heavy atom. The molecule has 8 heteroatoms. The molecule has 0 saturated carbocycles. The maximum Gasteiger partial charge on any atom is 0.345 e. The number of hydrogen-bond donors (Lipinski definition) is 2. The third-order valence-corrected chi connectivity index (χ3v) is 4.71. The molecule has 0 fully saturated rings. The number of nitrogens with one attached hydrogen (secondary N) is 1. The minimum Gasteiger partial charge on any atom is -0.595 e. The number of rotatable bonds is 4. The van der Waals surface area contributed by atoms with Gasteiger partial charge in [-0.1, -0.05) is 35.9 Å². The van der Waals surface area contributed by atoms with Crippen molar-refractivity contribution in [2.45, 2.75) is 0 Å². The van der Waals surface area contributed by atoms with Crippen LogP contribution >= 0.6 is 11.6 Å². The van der Waals surface area contributed by atoms with Crippen molar-refractivity contribution in [1.82, 2.24) is 0 Å². The Morgan fingerprint density at radius 3 is 2.67 bits per heavy atom. The van der Waals surface area contributed by atoms with Crippen LogP contribution in [0.5, 0.6) is 11.5 Å². The number of ketones is 1. The summed E-state index contributed by atoms with van der Waals surface area (Å²) in [5.74, 6) is -0.506. The van der Waals surface area contributed by atoms with Crippen molar-refractivity contribution in [2.75, 3.05) is 0 Å². The zero-order valence-corrected chi connectivity index (χ0v) is 16.1. The Kier molecular flexibility index (Phi) is 5.35. The minimum atomic E-state index is -1.07. The van der Waals surface area contributed by atoms with Crippen LogP contribution in [-0.4, -0.2) is 17.0 Å². The number of Topliss-reactive ketones (excluding diaryl/α,β-unsaturated/α-hetero) is 1. The normalized spacial score (nSPS) is 14.9. The highest BCUT2D eigenvalue weighted by molar-refractivity contribution is 6.33. The van der Waals surface area contributed by atoms with Crippen molar-refractivity contribution in [1.29, 1.82) is 0 Å². The minimum absolute atomic E-state index is 0.0436. The van der Waals surface area contributed by atoms with Gasteiger partial charge in [0.2, 0.25) is 5.78 Å². The van der Waals surface area contributed by atoms with Gasteiger partial charge >= 0.3 is 5.97 Å². The second-order valence-electron chi connectivity index (χ2n) is 6.40. The summed E-state index contributed by atoms with van der Waals surface area (Å²) < 4.78 is 11.0. The first-order valence-electron chi connectivity index (χ1n) is 8.81. The van der Waals surface area contributed by atoms with Crippen LogP contribution in [0.15, 0.2) is 72.5 Å². The molecular formula is C22H14ClNO6. The van der Waals surface area contributed by atoms with Crippen LogP contribution in [0.1, 0.15) is 26.3 Å². The summed E-state index contributed by atoms with van der Waals surface area (Å²) in [5, 5.41) is 19.4. The highest BCUT2D eigenvalue weighted by Gasteiger charge is 2.28. The van der Waals surface area contributed by atoms with E-state index in [0.717, 1.165) is 0 Å². The molecule has 0 saturated heterocycles. The van der Waals surface area contributed by atoms with Gasteiger partial charge in [0.15, 0.2) is 11.4 Å². The summed E-state index contributed by atoms with van der Waals surface area (Å²) in [5.41, 5.74) is 1.14. The van der Waals surface area contributed by atoms with Crippen molar-refractivity contribution >= 4 is 35.1 Å². The number of quaternary nitrogens is 1. The van der Waals surface area contributed by atoms with E-state index in [0.29, 0.717) is 11.1 Å². The van der Waals surface area contributed by atoms with Crippen LogP contribution in [-0.2, 0) is 0 Å². The molecule has 1 aliphatic heterocycles. The molecule has 7 nitrogen and oxygen atoms in total. The fraction of sp³-hybridized carbons (Fsp3) is 0. The lowest BCUT2D eigenvalue weighted by Crippen LogP contribution is -2.99. The van der Waals surface area contributed by atoms with E-state index in [2.05, 4.69) is 0 Å². The summed E-state index contributed by atoms with van der Waals surface area (Å²) in [7, 11) is 0. The molecule has 1 atom stereocenters. The maximum atomic E-state index is 12.6. The topological polar surface area (TPSA) is 100 Å². The summed E-state index contributed by atoms with van der Waals surface area (Å²) in [4.78, 5) is 24.9. The van der Waals surface area contributed by atoms with E-state index in [1.165, 1.54) is 36.4 Å². The lowest BCUT2D eigenvalue weighted by molar-refractivity contribution is -0.991. The monoisotopic (exact) mass is 423 g/mol. The Labute approximate surface area is 175 Å². The van der Waals surface area contributed by atoms with Gasteiger partial charge in [0.25, 0.3) is 0 Å². The predicted octanol–water partition coefficient (Wildman–Crippen LogP) is 3.58. The molecule has 1 aliphatic rings. The molecule has 0 radical (unpaired) electrons. The maximum absolute atomic E-state index is 12.6. The Hall–Kier alpha value is -3.49. The zero-order valence-electron chi connectivity index (χ0n) is 15.3. The molecule has 1 heterocycles. The predicted molar refractivity (Wildman–Crippen MR) is 108 cm³/mol. The number of hydrogen-bond acceptors (Lipinski definition) is 6. The van der Waals surface area contributed by atoms with Crippen LogP contribution in [0.4, 0.5) is 5.69 Å². The molecule has 0 bridgehead atoms. The molecule has 0 spiro atoms. The van der Waals surface area contributed by atoms with Crippen LogP contribution in [0.25, 0.3) is 6.08 Å². The zero-order chi connectivity index (χ0) is 21.3. The van der Waals surface area contributed by atoms with Gasteiger partial charge in [-0.05, 0) is 35.9 Å².